The second-order valence-corrected chi connectivity index (χ2v) is 5.96. The summed E-state index contributed by atoms with van der Waals surface area (Å²) in [6.07, 6.45) is 1.65. The van der Waals surface area contributed by atoms with Crippen LogP contribution in [0.1, 0.15) is 5.76 Å². The highest BCUT2D eigenvalue weighted by Gasteiger charge is 2.03. The molecular formula is C17H13ClN2OS. The summed E-state index contributed by atoms with van der Waals surface area (Å²) < 4.78 is 5.70. The summed E-state index contributed by atoms with van der Waals surface area (Å²) in [5.74, 6) is 0.694. The molecule has 0 aliphatic carbocycles. The van der Waals surface area contributed by atoms with Gasteiger partial charge in [-0.1, -0.05) is 41.6 Å². The summed E-state index contributed by atoms with van der Waals surface area (Å²) >= 11 is 7.41. The van der Waals surface area contributed by atoms with Gasteiger partial charge in [0.05, 0.1) is 11.9 Å². The fraction of sp³-hybridized carbons (Fsp3) is 0. The molecule has 0 bridgehead atoms. The molecule has 3 rings (SSSR count). The maximum atomic E-state index is 5.87. The third-order valence-electron chi connectivity index (χ3n) is 2.79. The number of anilines is 1. The highest BCUT2D eigenvalue weighted by atomic mass is 35.5. The van der Waals surface area contributed by atoms with Gasteiger partial charge in [-0.3, -0.25) is 5.43 Å². The number of rotatable bonds is 5. The Labute approximate surface area is 138 Å². The largest absolute Gasteiger partial charge is 0.448 e. The van der Waals surface area contributed by atoms with E-state index in [0.717, 1.165) is 20.7 Å². The van der Waals surface area contributed by atoms with Gasteiger partial charge in [-0.15, -0.1) is 0 Å². The minimum absolute atomic E-state index is 0.694. The van der Waals surface area contributed by atoms with Gasteiger partial charge in [-0.2, -0.15) is 5.10 Å². The van der Waals surface area contributed by atoms with Gasteiger partial charge in [0.2, 0.25) is 0 Å². The van der Waals surface area contributed by atoms with E-state index in [9.17, 15) is 0 Å². The first kappa shape index (κ1) is 14.8. The molecule has 5 heteroatoms. The van der Waals surface area contributed by atoms with Gasteiger partial charge in [0.25, 0.3) is 0 Å². The molecule has 0 fully saturated rings. The van der Waals surface area contributed by atoms with Crippen LogP contribution in [0.3, 0.4) is 0 Å². The zero-order valence-electron chi connectivity index (χ0n) is 11.6. The van der Waals surface area contributed by atoms with Gasteiger partial charge in [-0.25, -0.2) is 0 Å². The topological polar surface area (TPSA) is 37.5 Å². The van der Waals surface area contributed by atoms with E-state index >= 15 is 0 Å². The molecule has 0 aliphatic rings. The number of hydrogen-bond acceptors (Lipinski definition) is 4. The summed E-state index contributed by atoms with van der Waals surface area (Å²) in [7, 11) is 0. The molecule has 0 radical (unpaired) electrons. The van der Waals surface area contributed by atoms with Crippen LogP contribution >= 0.6 is 23.4 Å². The highest BCUT2D eigenvalue weighted by Crippen LogP contribution is 2.29. The Morgan fingerprint density at radius 3 is 2.50 bits per heavy atom. The zero-order chi connectivity index (χ0) is 15.2. The van der Waals surface area contributed by atoms with E-state index < -0.39 is 0 Å². The Morgan fingerprint density at radius 1 is 0.955 bits per heavy atom. The first-order valence-electron chi connectivity index (χ1n) is 6.67. The van der Waals surface area contributed by atoms with Crippen molar-refractivity contribution in [3.05, 3.63) is 77.5 Å². The molecule has 0 spiro atoms. The van der Waals surface area contributed by atoms with Gasteiger partial charge < -0.3 is 4.42 Å². The Kier molecular flexibility index (Phi) is 4.83. The van der Waals surface area contributed by atoms with Crippen molar-refractivity contribution < 1.29 is 4.42 Å². The minimum atomic E-state index is 0.694. The van der Waals surface area contributed by atoms with Gasteiger partial charge in [0, 0.05) is 9.92 Å². The number of nitrogens with zero attached hydrogens (tertiary/aromatic N) is 1. The van der Waals surface area contributed by atoms with E-state index in [-0.39, 0.29) is 0 Å². The third-order valence-corrected chi connectivity index (χ3v) is 3.97. The number of para-hydroxylation sites is 1. The lowest BCUT2D eigenvalue weighted by atomic mass is 10.3. The fourth-order valence-corrected chi connectivity index (χ4v) is 2.66. The first-order valence-corrected chi connectivity index (χ1v) is 7.86. The third kappa shape index (κ3) is 4.16. The number of hydrazone groups is 1. The van der Waals surface area contributed by atoms with Crippen molar-refractivity contribution in [1.82, 2.24) is 0 Å². The van der Waals surface area contributed by atoms with Crippen LogP contribution in [0, 0.1) is 0 Å². The molecule has 3 aromatic rings. The quantitative estimate of drug-likeness (QED) is 0.494. The van der Waals surface area contributed by atoms with Crippen LogP contribution in [-0.4, -0.2) is 6.21 Å². The summed E-state index contributed by atoms with van der Waals surface area (Å²) in [5, 5.41) is 5.68. The Hall–Kier alpha value is -2.17. The van der Waals surface area contributed by atoms with Crippen LogP contribution < -0.4 is 5.43 Å². The predicted octanol–water partition coefficient (Wildman–Crippen LogP) is 5.53. The molecule has 110 valence electrons. The Morgan fingerprint density at radius 2 is 1.73 bits per heavy atom. The zero-order valence-corrected chi connectivity index (χ0v) is 13.1. The summed E-state index contributed by atoms with van der Waals surface area (Å²) in [5.41, 5.74) is 3.88. The molecule has 0 atom stereocenters. The molecule has 0 amide bonds. The van der Waals surface area contributed by atoms with Gasteiger partial charge in [0.1, 0.15) is 5.76 Å². The Balaban J connectivity index is 1.60. The first-order chi connectivity index (χ1) is 10.8. The van der Waals surface area contributed by atoms with Crippen molar-refractivity contribution in [2.45, 2.75) is 9.99 Å². The number of hydrogen-bond donors (Lipinski definition) is 1. The molecule has 0 saturated heterocycles. The monoisotopic (exact) mass is 328 g/mol. The maximum Gasteiger partial charge on any atom is 0.165 e. The van der Waals surface area contributed by atoms with Crippen LogP contribution in [0.25, 0.3) is 0 Å². The molecule has 1 heterocycles. The lowest BCUT2D eigenvalue weighted by Crippen LogP contribution is -1.88. The summed E-state index contributed by atoms with van der Waals surface area (Å²) in [6.45, 7) is 0. The smallest absolute Gasteiger partial charge is 0.165 e. The average Bonchev–Trinajstić information content (AvgIpc) is 2.98. The van der Waals surface area contributed by atoms with Crippen molar-refractivity contribution in [2.24, 2.45) is 5.10 Å². The standard InChI is InChI=1S/C17H13ClN2OS/c18-13-6-9-16(10-7-13)22-17-11-8-15(21-17)12-19-20-14-4-2-1-3-5-14/h1-12,20H. The van der Waals surface area contributed by atoms with Crippen LogP contribution in [0.4, 0.5) is 5.69 Å². The second-order valence-electron chi connectivity index (χ2n) is 4.45. The number of benzene rings is 2. The van der Waals surface area contributed by atoms with Crippen LogP contribution in [0.5, 0.6) is 0 Å². The minimum Gasteiger partial charge on any atom is -0.448 e. The van der Waals surface area contributed by atoms with Crippen LogP contribution in [-0.2, 0) is 0 Å². The summed E-state index contributed by atoms with van der Waals surface area (Å²) in [6, 6.07) is 21.2. The number of halogens is 1. The average molecular weight is 329 g/mol. The molecular weight excluding hydrogens is 316 g/mol. The molecule has 22 heavy (non-hydrogen) atoms. The highest BCUT2D eigenvalue weighted by molar-refractivity contribution is 7.99. The molecule has 1 N–H and O–H groups in total. The lowest BCUT2D eigenvalue weighted by Gasteiger charge is -1.98. The van der Waals surface area contributed by atoms with Gasteiger partial charge in [-0.05, 0) is 48.5 Å². The molecule has 0 saturated carbocycles. The van der Waals surface area contributed by atoms with E-state index in [0.29, 0.717) is 5.76 Å². The van der Waals surface area contributed by atoms with Crippen LogP contribution in [0.15, 0.2) is 86.2 Å². The number of furan rings is 1. The molecule has 1 aromatic heterocycles. The molecule has 0 unspecified atom stereocenters. The van der Waals surface area contributed by atoms with E-state index in [2.05, 4.69) is 10.5 Å². The second kappa shape index (κ2) is 7.20. The van der Waals surface area contributed by atoms with E-state index in [1.54, 1.807) is 6.21 Å². The summed E-state index contributed by atoms with van der Waals surface area (Å²) in [4.78, 5) is 1.07. The van der Waals surface area contributed by atoms with Gasteiger partial charge in [0.15, 0.2) is 5.09 Å². The normalized spacial score (nSPS) is 11.0. The lowest BCUT2D eigenvalue weighted by molar-refractivity contribution is 0.469. The van der Waals surface area contributed by atoms with Crippen molar-refractivity contribution in [1.29, 1.82) is 0 Å². The van der Waals surface area contributed by atoms with E-state index in [1.165, 1.54) is 11.8 Å². The van der Waals surface area contributed by atoms with E-state index in [1.807, 2.05) is 66.7 Å². The molecule has 2 aromatic carbocycles. The van der Waals surface area contributed by atoms with Crippen LogP contribution in [0.2, 0.25) is 5.02 Å². The fourth-order valence-electron chi connectivity index (χ4n) is 1.76. The van der Waals surface area contributed by atoms with Crippen molar-refractivity contribution in [3.63, 3.8) is 0 Å². The SMILES string of the molecule is Clc1ccc(Sc2ccc(C=NNc3ccccc3)o2)cc1. The van der Waals surface area contributed by atoms with Crippen molar-refractivity contribution in [2.75, 3.05) is 5.43 Å². The predicted molar refractivity (Wildman–Crippen MR) is 91.9 cm³/mol. The molecule has 0 aliphatic heterocycles. The van der Waals surface area contributed by atoms with Gasteiger partial charge >= 0.3 is 0 Å². The van der Waals surface area contributed by atoms with Crippen molar-refractivity contribution >= 4 is 35.3 Å². The molecule has 3 nitrogen and oxygen atoms in total. The van der Waals surface area contributed by atoms with Crippen molar-refractivity contribution in [3.8, 4) is 0 Å². The van der Waals surface area contributed by atoms with E-state index in [4.69, 9.17) is 16.0 Å². The maximum absolute atomic E-state index is 5.87. The Bertz CT molecular complexity index is 754. The number of nitrogens with one attached hydrogen (secondary N) is 1.